The minimum atomic E-state index is 0.116. The van der Waals surface area contributed by atoms with Crippen LogP contribution in [0.3, 0.4) is 0 Å². The normalized spacial score (nSPS) is 19.4. The van der Waals surface area contributed by atoms with Crippen LogP contribution in [0.1, 0.15) is 68.4 Å². The summed E-state index contributed by atoms with van der Waals surface area (Å²) in [5.41, 5.74) is 1.61. The molecule has 2 rings (SSSR count). The molecule has 1 saturated heterocycles. The van der Waals surface area contributed by atoms with Crippen molar-refractivity contribution in [2.24, 2.45) is 0 Å². The number of carbonyl (C=O) groups excluding carboxylic acids is 1. The standard InChI is InChI=1S/C17H25ClN2O/c1-3-8-14-11-13(12-16(18)19-14)17(21)20-10-7-5-6-9-15(20)4-2/h11-12,15H,3-10H2,1-2H3. The molecule has 0 radical (unpaired) electrons. The Morgan fingerprint density at radius 3 is 2.86 bits per heavy atom. The van der Waals surface area contributed by atoms with Crippen LogP contribution in [0.25, 0.3) is 0 Å². The number of hydrogen-bond acceptors (Lipinski definition) is 2. The maximum absolute atomic E-state index is 12.9. The highest BCUT2D eigenvalue weighted by molar-refractivity contribution is 6.29. The molecule has 0 spiro atoms. The molecule has 0 aliphatic carbocycles. The molecule has 3 nitrogen and oxygen atoms in total. The van der Waals surface area contributed by atoms with Crippen molar-refractivity contribution in [2.75, 3.05) is 6.54 Å². The van der Waals surface area contributed by atoms with Crippen molar-refractivity contribution in [2.45, 2.75) is 64.8 Å². The lowest BCUT2D eigenvalue weighted by molar-refractivity contribution is 0.0678. The van der Waals surface area contributed by atoms with Crippen LogP contribution >= 0.6 is 11.6 Å². The number of likely N-dealkylation sites (tertiary alicyclic amines) is 1. The molecule has 0 saturated carbocycles. The molecule has 1 aliphatic heterocycles. The second-order valence-electron chi connectivity index (χ2n) is 5.83. The average Bonchev–Trinajstić information content (AvgIpc) is 2.71. The maximum atomic E-state index is 12.9. The van der Waals surface area contributed by atoms with Gasteiger partial charge in [-0.05, 0) is 37.8 Å². The summed E-state index contributed by atoms with van der Waals surface area (Å²) in [6.07, 6.45) is 7.54. The van der Waals surface area contributed by atoms with Gasteiger partial charge in [-0.3, -0.25) is 4.79 Å². The van der Waals surface area contributed by atoms with E-state index in [-0.39, 0.29) is 5.91 Å². The van der Waals surface area contributed by atoms with Crippen molar-refractivity contribution in [1.82, 2.24) is 9.88 Å². The van der Waals surface area contributed by atoms with Crippen LogP contribution in [0.5, 0.6) is 0 Å². The molecule has 1 fully saturated rings. The summed E-state index contributed by atoms with van der Waals surface area (Å²) in [6.45, 7) is 5.13. The fourth-order valence-electron chi connectivity index (χ4n) is 3.09. The van der Waals surface area contributed by atoms with Gasteiger partial charge >= 0.3 is 0 Å². The molecule has 116 valence electrons. The Hall–Kier alpha value is -1.09. The first-order valence-electron chi connectivity index (χ1n) is 8.13. The first-order chi connectivity index (χ1) is 10.2. The molecular formula is C17H25ClN2O. The van der Waals surface area contributed by atoms with E-state index in [4.69, 9.17) is 11.6 Å². The van der Waals surface area contributed by atoms with Crippen LogP contribution in [0.4, 0.5) is 0 Å². The van der Waals surface area contributed by atoms with E-state index in [1.165, 1.54) is 12.8 Å². The second-order valence-corrected chi connectivity index (χ2v) is 6.22. The quantitative estimate of drug-likeness (QED) is 0.768. The number of pyridine rings is 1. The minimum Gasteiger partial charge on any atom is -0.336 e. The third kappa shape index (κ3) is 4.19. The SMILES string of the molecule is CCCc1cc(C(=O)N2CCCCCC2CC)cc(Cl)n1. The van der Waals surface area contributed by atoms with Crippen molar-refractivity contribution in [1.29, 1.82) is 0 Å². The maximum Gasteiger partial charge on any atom is 0.254 e. The van der Waals surface area contributed by atoms with Crippen molar-refractivity contribution >= 4 is 17.5 Å². The number of aryl methyl sites for hydroxylation is 1. The van der Waals surface area contributed by atoms with Gasteiger partial charge in [-0.15, -0.1) is 0 Å². The Kier molecular flexibility index (Phi) is 6.04. The van der Waals surface area contributed by atoms with Gasteiger partial charge in [0, 0.05) is 23.8 Å². The van der Waals surface area contributed by atoms with Crippen LogP contribution < -0.4 is 0 Å². The molecule has 1 aromatic rings. The van der Waals surface area contributed by atoms with Gasteiger partial charge in [0.15, 0.2) is 0 Å². The van der Waals surface area contributed by atoms with Gasteiger partial charge in [0.1, 0.15) is 5.15 Å². The fourth-order valence-corrected chi connectivity index (χ4v) is 3.32. The van der Waals surface area contributed by atoms with Gasteiger partial charge in [-0.2, -0.15) is 0 Å². The van der Waals surface area contributed by atoms with Gasteiger partial charge in [-0.25, -0.2) is 4.98 Å². The van der Waals surface area contributed by atoms with E-state index >= 15 is 0 Å². The average molecular weight is 309 g/mol. The van der Waals surface area contributed by atoms with Crippen molar-refractivity contribution in [3.63, 3.8) is 0 Å². The Morgan fingerprint density at radius 1 is 1.33 bits per heavy atom. The number of rotatable bonds is 4. The minimum absolute atomic E-state index is 0.116. The molecule has 1 aliphatic rings. The monoisotopic (exact) mass is 308 g/mol. The van der Waals surface area contributed by atoms with E-state index in [0.29, 0.717) is 16.8 Å². The van der Waals surface area contributed by atoms with E-state index in [1.54, 1.807) is 6.07 Å². The smallest absolute Gasteiger partial charge is 0.254 e. The molecule has 1 aromatic heterocycles. The first kappa shape index (κ1) is 16.3. The summed E-state index contributed by atoms with van der Waals surface area (Å²) >= 11 is 6.09. The molecule has 1 amide bonds. The lowest BCUT2D eigenvalue weighted by Gasteiger charge is -2.29. The van der Waals surface area contributed by atoms with E-state index in [9.17, 15) is 4.79 Å². The molecule has 0 aromatic carbocycles. The summed E-state index contributed by atoms with van der Waals surface area (Å²) in [5.74, 6) is 0.116. The molecule has 0 bridgehead atoms. The van der Waals surface area contributed by atoms with E-state index < -0.39 is 0 Å². The largest absolute Gasteiger partial charge is 0.336 e. The van der Waals surface area contributed by atoms with E-state index in [0.717, 1.165) is 44.3 Å². The molecule has 1 unspecified atom stereocenters. The summed E-state index contributed by atoms with van der Waals surface area (Å²) in [7, 11) is 0. The van der Waals surface area contributed by atoms with Crippen LogP contribution in [-0.4, -0.2) is 28.4 Å². The van der Waals surface area contributed by atoms with Gasteiger partial charge < -0.3 is 4.90 Å². The molecule has 0 N–H and O–H groups in total. The third-order valence-electron chi connectivity index (χ3n) is 4.21. The second kappa shape index (κ2) is 7.79. The van der Waals surface area contributed by atoms with Crippen molar-refractivity contribution < 1.29 is 4.79 Å². The summed E-state index contributed by atoms with van der Waals surface area (Å²) in [4.78, 5) is 19.2. The van der Waals surface area contributed by atoms with Crippen LogP contribution in [-0.2, 0) is 6.42 Å². The zero-order chi connectivity index (χ0) is 15.2. The molecule has 1 atom stereocenters. The van der Waals surface area contributed by atoms with Crippen LogP contribution in [0.15, 0.2) is 12.1 Å². The molecule has 2 heterocycles. The van der Waals surface area contributed by atoms with E-state index in [1.807, 2.05) is 11.0 Å². The fraction of sp³-hybridized carbons (Fsp3) is 0.647. The summed E-state index contributed by atoms with van der Waals surface area (Å²) in [5, 5.41) is 0.423. The van der Waals surface area contributed by atoms with Gasteiger partial charge in [-0.1, -0.05) is 44.7 Å². The van der Waals surface area contributed by atoms with Gasteiger partial charge in [0.2, 0.25) is 0 Å². The third-order valence-corrected chi connectivity index (χ3v) is 4.40. The lowest BCUT2D eigenvalue weighted by Crippen LogP contribution is -2.39. The number of hydrogen-bond donors (Lipinski definition) is 0. The number of amides is 1. The Labute approximate surface area is 132 Å². The lowest BCUT2D eigenvalue weighted by atomic mass is 10.1. The Morgan fingerprint density at radius 2 is 2.14 bits per heavy atom. The molecular weight excluding hydrogens is 284 g/mol. The predicted molar refractivity (Wildman–Crippen MR) is 86.8 cm³/mol. The van der Waals surface area contributed by atoms with Crippen LogP contribution in [0, 0.1) is 0 Å². The summed E-state index contributed by atoms with van der Waals surface area (Å²) in [6, 6.07) is 3.98. The van der Waals surface area contributed by atoms with E-state index in [2.05, 4.69) is 18.8 Å². The molecule has 21 heavy (non-hydrogen) atoms. The topological polar surface area (TPSA) is 33.2 Å². The highest BCUT2D eigenvalue weighted by Crippen LogP contribution is 2.22. The Balaban J connectivity index is 2.24. The number of aromatic nitrogens is 1. The summed E-state index contributed by atoms with van der Waals surface area (Å²) < 4.78 is 0. The highest BCUT2D eigenvalue weighted by Gasteiger charge is 2.25. The number of nitrogens with zero attached hydrogens (tertiary/aromatic N) is 2. The van der Waals surface area contributed by atoms with Gasteiger partial charge in [0.25, 0.3) is 5.91 Å². The van der Waals surface area contributed by atoms with Gasteiger partial charge in [0.05, 0.1) is 0 Å². The zero-order valence-corrected chi connectivity index (χ0v) is 13.8. The van der Waals surface area contributed by atoms with Crippen molar-refractivity contribution in [3.05, 3.63) is 28.5 Å². The molecule has 4 heteroatoms. The Bertz CT molecular complexity index is 490. The first-order valence-corrected chi connectivity index (χ1v) is 8.51. The van der Waals surface area contributed by atoms with Crippen molar-refractivity contribution in [3.8, 4) is 0 Å². The van der Waals surface area contributed by atoms with Crippen LogP contribution in [0.2, 0.25) is 5.15 Å². The number of halogens is 1. The highest BCUT2D eigenvalue weighted by atomic mass is 35.5. The zero-order valence-electron chi connectivity index (χ0n) is 13.1. The predicted octanol–water partition coefficient (Wildman–Crippen LogP) is 4.48. The number of carbonyl (C=O) groups is 1.